The van der Waals surface area contributed by atoms with Gasteiger partial charge in [0.15, 0.2) is 0 Å². The van der Waals surface area contributed by atoms with Crippen LogP contribution in [0.2, 0.25) is 0 Å². The van der Waals surface area contributed by atoms with Crippen molar-refractivity contribution >= 4 is 17.5 Å². The predicted octanol–water partition coefficient (Wildman–Crippen LogP) is 3.95. The van der Waals surface area contributed by atoms with Crippen LogP contribution in [0.3, 0.4) is 0 Å². The molecule has 0 aliphatic heterocycles. The molecule has 0 radical (unpaired) electrons. The highest BCUT2D eigenvalue weighted by Gasteiger charge is 2.07. The predicted molar refractivity (Wildman–Crippen MR) is 77.4 cm³/mol. The number of benzene rings is 1. The second kappa shape index (κ2) is 7.42. The molecule has 1 unspecified atom stereocenters. The highest BCUT2D eigenvalue weighted by Crippen LogP contribution is 2.14. The van der Waals surface area contributed by atoms with Gasteiger partial charge in [0.05, 0.1) is 0 Å². The Bertz CT molecular complexity index is 373. The summed E-state index contributed by atoms with van der Waals surface area (Å²) < 4.78 is 0. The summed E-state index contributed by atoms with van der Waals surface area (Å²) in [6, 6.07) is 7.78. The van der Waals surface area contributed by atoms with Crippen molar-refractivity contribution in [2.24, 2.45) is 0 Å². The fourth-order valence-corrected chi connectivity index (χ4v) is 1.78. The molecule has 1 aromatic carbocycles. The van der Waals surface area contributed by atoms with Crippen LogP contribution in [0, 0.1) is 0 Å². The second-order valence-corrected chi connectivity index (χ2v) is 5.44. The fraction of sp³-hybridized carbons (Fsp3) is 0.533. The lowest BCUT2D eigenvalue weighted by Gasteiger charge is -2.09. The van der Waals surface area contributed by atoms with E-state index in [0.29, 0.717) is 18.0 Å². The van der Waals surface area contributed by atoms with Gasteiger partial charge in [-0.2, -0.15) is 0 Å². The molecule has 2 nitrogen and oxygen atoms in total. The van der Waals surface area contributed by atoms with Crippen LogP contribution in [-0.4, -0.2) is 17.8 Å². The maximum atomic E-state index is 11.8. The van der Waals surface area contributed by atoms with Crippen LogP contribution in [-0.2, 0) is 0 Å². The Morgan fingerprint density at radius 1 is 1.28 bits per heavy atom. The van der Waals surface area contributed by atoms with E-state index >= 15 is 0 Å². The molecule has 0 fully saturated rings. The molecule has 0 aliphatic rings. The third kappa shape index (κ3) is 4.69. The molecule has 0 saturated heterocycles. The maximum absolute atomic E-state index is 11.8. The summed E-state index contributed by atoms with van der Waals surface area (Å²) >= 11 is 6.00. The number of halogens is 1. The Labute approximate surface area is 115 Å². The first-order chi connectivity index (χ1) is 8.54. The van der Waals surface area contributed by atoms with Crippen LogP contribution >= 0.6 is 11.6 Å². The first-order valence-electron chi connectivity index (χ1n) is 6.56. The largest absolute Gasteiger partial charge is 0.352 e. The van der Waals surface area contributed by atoms with Gasteiger partial charge in [-0.1, -0.05) is 32.9 Å². The Morgan fingerprint density at radius 3 is 2.39 bits per heavy atom. The van der Waals surface area contributed by atoms with Crippen LogP contribution in [0.1, 0.15) is 55.5 Å². The Balaban J connectivity index is 2.46. The van der Waals surface area contributed by atoms with Crippen molar-refractivity contribution in [3.8, 4) is 0 Å². The van der Waals surface area contributed by atoms with Crippen LogP contribution in [0.15, 0.2) is 24.3 Å². The van der Waals surface area contributed by atoms with Crippen molar-refractivity contribution in [3.63, 3.8) is 0 Å². The van der Waals surface area contributed by atoms with Gasteiger partial charge in [0, 0.05) is 17.5 Å². The lowest BCUT2D eigenvalue weighted by molar-refractivity contribution is 0.0953. The second-order valence-electron chi connectivity index (χ2n) is 4.83. The topological polar surface area (TPSA) is 29.1 Å². The van der Waals surface area contributed by atoms with Gasteiger partial charge in [-0.3, -0.25) is 4.79 Å². The summed E-state index contributed by atoms with van der Waals surface area (Å²) in [6.45, 7) is 6.96. The van der Waals surface area contributed by atoms with Crippen LogP contribution in [0.5, 0.6) is 0 Å². The maximum Gasteiger partial charge on any atom is 0.251 e. The van der Waals surface area contributed by atoms with E-state index in [1.54, 1.807) is 0 Å². The number of hydrogen-bond donors (Lipinski definition) is 1. The minimum absolute atomic E-state index is 0.0229. The number of carbonyl (C=O) groups excluding carboxylic acids is 1. The minimum atomic E-state index is -0.0229. The molecule has 18 heavy (non-hydrogen) atoms. The smallest absolute Gasteiger partial charge is 0.251 e. The zero-order valence-electron chi connectivity index (χ0n) is 11.4. The molecule has 1 atom stereocenters. The van der Waals surface area contributed by atoms with Crippen molar-refractivity contribution in [3.05, 3.63) is 35.4 Å². The van der Waals surface area contributed by atoms with E-state index in [0.717, 1.165) is 12.8 Å². The van der Waals surface area contributed by atoms with Gasteiger partial charge in [-0.05, 0) is 36.5 Å². The third-order valence-corrected chi connectivity index (χ3v) is 3.55. The molecule has 0 bridgehead atoms. The summed E-state index contributed by atoms with van der Waals surface area (Å²) in [5, 5.41) is 3.04. The molecule has 1 aromatic rings. The average molecular weight is 268 g/mol. The third-order valence-electron chi connectivity index (χ3n) is 3.03. The summed E-state index contributed by atoms with van der Waals surface area (Å²) in [6.07, 6.45) is 1.74. The number of rotatable bonds is 6. The van der Waals surface area contributed by atoms with Crippen molar-refractivity contribution in [2.75, 3.05) is 6.54 Å². The molecule has 0 saturated carbocycles. The SMILES string of the molecule is CCC(Cl)CCNC(=O)c1ccc(C(C)C)cc1. The molecule has 0 spiro atoms. The van der Waals surface area contributed by atoms with E-state index in [-0.39, 0.29) is 11.3 Å². The Morgan fingerprint density at radius 2 is 1.89 bits per heavy atom. The number of alkyl halides is 1. The number of nitrogens with one attached hydrogen (secondary N) is 1. The van der Waals surface area contributed by atoms with Gasteiger partial charge in [-0.15, -0.1) is 11.6 Å². The summed E-state index contributed by atoms with van der Waals surface area (Å²) in [4.78, 5) is 11.8. The summed E-state index contributed by atoms with van der Waals surface area (Å²) in [7, 11) is 0. The fourth-order valence-electron chi connectivity index (χ4n) is 1.67. The molecule has 0 aliphatic carbocycles. The molecule has 3 heteroatoms. The number of hydrogen-bond acceptors (Lipinski definition) is 1. The molecule has 1 N–H and O–H groups in total. The zero-order valence-corrected chi connectivity index (χ0v) is 12.1. The quantitative estimate of drug-likeness (QED) is 0.777. The van der Waals surface area contributed by atoms with Crippen molar-refractivity contribution in [1.29, 1.82) is 0 Å². The van der Waals surface area contributed by atoms with E-state index in [1.807, 2.05) is 31.2 Å². The van der Waals surface area contributed by atoms with Gasteiger partial charge >= 0.3 is 0 Å². The van der Waals surface area contributed by atoms with E-state index in [1.165, 1.54) is 5.56 Å². The monoisotopic (exact) mass is 267 g/mol. The number of amides is 1. The van der Waals surface area contributed by atoms with Gasteiger partial charge in [0.2, 0.25) is 0 Å². The number of carbonyl (C=O) groups is 1. The molecule has 1 rings (SSSR count). The van der Waals surface area contributed by atoms with Crippen LogP contribution in [0.25, 0.3) is 0 Å². The Hall–Kier alpha value is -1.02. The van der Waals surface area contributed by atoms with Gasteiger partial charge in [-0.25, -0.2) is 0 Å². The molecule has 100 valence electrons. The highest BCUT2D eigenvalue weighted by atomic mass is 35.5. The summed E-state index contributed by atoms with van der Waals surface area (Å²) in [5.74, 6) is 0.467. The standard InChI is InChI=1S/C15H22ClNO/c1-4-14(16)9-10-17-15(18)13-7-5-12(6-8-13)11(2)3/h5-8,11,14H,4,9-10H2,1-3H3,(H,17,18). The lowest BCUT2D eigenvalue weighted by Crippen LogP contribution is -2.26. The van der Waals surface area contributed by atoms with E-state index in [9.17, 15) is 4.79 Å². The highest BCUT2D eigenvalue weighted by molar-refractivity contribution is 6.20. The zero-order chi connectivity index (χ0) is 13.5. The van der Waals surface area contributed by atoms with Crippen molar-refractivity contribution in [1.82, 2.24) is 5.32 Å². The van der Waals surface area contributed by atoms with Crippen molar-refractivity contribution in [2.45, 2.75) is 44.9 Å². The first-order valence-corrected chi connectivity index (χ1v) is 7.00. The summed E-state index contributed by atoms with van der Waals surface area (Å²) in [5.41, 5.74) is 1.96. The molecule has 1 amide bonds. The average Bonchev–Trinajstić information content (AvgIpc) is 2.38. The van der Waals surface area contributed by atoms with E-state index in [2.05, 4.69) is 19.2 Å². The normalized spacial score (nSPS) is 12.5. The molecule has 0 aromatic heterocycles. The van der Waals surface area contributed by atoms with E-state index < -0.39 is 0 Å². The molecular formula is C15H22ClNO. The van der Waals surface area contributed by atoms with E-state index in [4.69, 9.17) is 11.6 Å². The van der Waals surface area contributed by atoms with Crippen LogP contribution in [0.4, 0.5) is 0 Å². The molecule has 0 heterocycles. The Kier molecular flexibility index (Phi) is 6.20. The minimum Gasteiger partial charge on any atom is -0.352 e. The molecular weight excluding hydrogens is 246 g/mol. The van der Waals surface area contributed by atoms with Gasteiger partial charge in [0.25, 0.3) is 5.91 Å². The lowest BCUT2D eigenvalue weighted by atomic mass is 10.0. The van der Waals surface area contributed by atoms with Gasteiger partial charge in [0.1, 0.15) is 0 Å². The first kappa shape index (κ1) is 15.0. The van der Waals surface area contributed by atoms with Gasteiger partial charge < -0.3 is 5.32 Å². The van der Waals surface area contributed by atoms with Crippen molar-refractivity contribution < 1.29 is 4.79 Å². The van der Waals surface area contributed by atoms with Crippen LogP contribution < -0.4 is 5.32 Å².